The zero-order valence-corrected chi connectivity index (χ0v) is 14.8. The Bertz CT molecular complexity index is 917. The molecule has 0 radical (unpaired) electrons. The number of carbonyl (C=O) groups excluding carboxylic acids is 1. The summed E-state index contributed by atoms with van der Waals surface area (Å²) >= 11 is 1.85. The predicted octanol–water partition coefficient (Wildman–Crippen LogP) is 3.72. The molecule has 2 heterocycles. The van der Waals surface area contributed by atoms with Crippen LogP contribution < -0.4 is 5.32 Å². The largest absolute Gasteiger partial charge is 0.318 e. The zero-order valence-electron chi connectivity index (χ0n) is 14.0. The second-order valence-corrected chi connectivity index (χ2v) is 7.55. The number of hydrogen-bond donors (Lipinski definition) is 1. The van der Waals surface area contributed by atoms with E-state index in [-0.39, 0.29) is 11.7 Å². The lowest BCUT2D eigenvalue weighted by atomic mass is 10.3. The van der Waals surface area contributed by atoms with Crippen LogP contribution in [-0.2, 0) is 0 Å². The normalized spacial score (nSPS) is 14.9. The molecule has 1 aliphatic carbocycles. The van der Waals surface area contributed by atoms with E-state index < -0.39 is 0 Å². The number of hydrogen-bond acceptors (Lipinski definition) is 5. The van der Waals surface area contributed by atoms with Gasteiger partial charge in [-0.05, 0) is 38.0 Å². The molecule has 1 saturated carbocycles. The molecule has 0 aliphatic heterocycles. The minimum absolute atomic E-state index is 0.127. The summed E-state index contributed by atoms with van der Waals surface area (Å²) < 4.78 is 1.58. The molecule has 6 nitrogen and oxygen atoms in total. The molecule has 2 aromatic heterocycles. The van der Waals surface area contributed by atoms with E-state index in [0.29, 0.717) is 11.0 Å². The number of para-hydroxylation sites is 1. The maximum absolute atomic E-state index is 12.6. The summed E-state index contributed by atoms with van der Waals surface area (Å²) in [5.41, 5.74) is 1.70. The summed E-state index contributed by atoms with van der Waals surface area (Å²) in [4.78, 5) is 22.1. The molecule has 4 rings (SSSR count). The molecule has 7 heteroatoms. The summed E-state index contributed by atoms with van der Waals surface area (Å²) in [7, 11) is 0. The highest BCUT2D eigenvalue weighted by Crippen LogP contribution is 2.38. The topological polar surface area (TPSA) is 72.2 Å². The highest BCUT2D eigenvalue weighted by molar-refractivity contribution is 8.00. The number of carbonyl (C=O) groups is 1. The average molecular weight is 353 g/mol. The Hall–Kier alpha value is -2.41. The first-order valence-corrected chi connectivity index (χ1v) is 9.34. The summed E-state index contributed by atoms with van der Waals surface area (Å²) in [6.07, 6.45) is 6.74. The van der Waals surface area contributed by atoms with Crippen LogP contribution in [0.1, 0.15) is 42.0 Å². The molecular formula is C18H19N5OS. The first kappa shape index (κ1) is 16.1. The van der Waals surface area contributed by atoms with Crippen LogP contribution in [-0.4, -0.2) is 30.7 Å². The van der Waals surface area contributed by atoms with Crippen LogP contribution in [0, 0.1) is 6.92 Å². The number of amides is 1. The van der Waals surface area contributed by atoms with Gasteiger partial charge < -0.3 is 5.32 Å². The number of nitrogens with zero attached hydrogens (tertiary/aromatic N) is 4. The first-order chi connectivity index (χ1) is 12.2. The Labute approximate surface area is 150 Å². The third-order valence-electron chi connectivity index (χ3n) is 4.36. The van der Waals surface area contributed by atoms with Crippen molar-refractivity contribution < 1.29 is 4.79 Å². The van der Waals surface area contributed by atoms with E-state index in [1.807, 2.05) is 43.0 Å². The quantitative estimate of drug-likeness (QED) is 0.774. The van der Waals surface area contributed by atoms with Crippen molar-refractivity contribution in [2.75, 3.05) is 5.32 Å². The maximum Gasteiger partial charge on any atom is 0.295 e. The summed E-state index contributed by atoms with van der Waals surface area (Å²) in [6.45, 7) is 1.90. The number of benzene rings is 1. The van der Waals surface area contributed by atoms with Crippen LogP contribution in [0.5, 0.6) is 0 Å². The van der Waals surface area contributed by atoms with Crippen molar-refractivity contribution in [2.45, 2.75) is 42.8 Å². The second kappa shape index (κ2) is 6.84. The fourth-order valence-electron chi connectivity index (χ4n) is 3.04. The molecule has 1 amide bonds. The Morgan fingerprint density at radius 3 is 2.84 bits per heavy atom. The van der Waals surface area contributed by atoms with Gasteiger partial charge in [-0.2, -0.15) is 4.98 Å². The first-order valence-electron chi connectivity index (χ1n) is 8.46. The van der Waals surface area contributed by atoms with Gasteiger partial charge in [-0.1, -0.05) is 25.0 Å². The molecule has 0 unspecified atom stereocenters. The van der Waals surface area contributed by atoms with Gasteiger partial charge in [-0.3, -0.25) is 4.79 Å². The minimum atomic E-state index is -0.315. The number of rotatable bonds is 4. The second-order valence-electron chi connectivity index (χ2n) is 6.21. The van der Waals surface area contributed by atoms with Gasteiger partial charge in [-0.25, -0.2) is 9.50 Å². The van der Waals surface area contributed by atoms with E-state index in [4.69, 9.17) is 0 Å². The van der Waals surface area contributed by atoms with Gasteiger partial charge in [0.05, 0.1) is 5.69 Å². The van der Waals surface area contributed by atoms with Crippen LogP contribution in [0.2, 0.25) is 0 Å². The number of nitrogens with one attached hydrogen (secondary N) is 1. The maximum atomic E-state index is 12.6. The van der Waals surface area contributed by atoms with Crippen molar-refractivity contribution in [3.63, 3.8) is 0 Å². The van der Waals surface area contributed by atoms with E-state index >= 15 is 0 Å². The third-order valence-corrected chi connectivity index (χ3v) is 5.78. The van der Waals surface area contributed by atoms with Gasteiger partial charge in [0.1, 0.15) is 0 Å². The van der Waals surface area contributed by atoms with Crippen LogP contribution in [0.4, 0.5) is 5.69 Å². The Balaban J connectivity index is 1.56. The van der Waals surface area contributed by atoms with Crippen LogP contribution >= 0.6 is 11.8 Å². The molecule has 1 aromatic carbocycles. The third kappa shape index (κ3) is 3.37. The van der Waals surface area contributed by atoms with Crippen molar-refractivity contribution in [2.24, 2.45) is 0 Å². The predicted molar refractivity (Wildman–Crippen MR) is 98.0 cm³/mol. The van der Waals surface area contributed by atoms with Gasteiger partial charge in [0.25, 0.3) is 11.7 Å². The van der Waals surface area contributed by atoms with Gasteiger partial charge in [0, 0.05) is 22.0 Å². The zero-order chi connectivity index (χ0) is 17.2. The molecule has 0 saturated heterocycles. The average Bonchev–Trinajstić information content (AvgIpc) is 3.26. The fourth-order valence-corrected chi connectivity index (χ4v) is 4.37. The SMILES string of the molecule is Cc1ccnc2nc(C(=O)Nc3ccccc3SC3CCCC3)nn12. The van der Waals surface area contributed by atoms with E-state index in [9.17, 15) is 4.79 Å². The molecule has 1 aliphatic rings. The Morgan fingerprint density at radius 1 is 1.24 bits per heavy atom. The van der Waals surface area contributed by atoms with Crippen LogP contribution in [0.15, 0.2) is 41.4 Å². The molecule has 3 aromatic rings. The molecule has 0 spiro atoms. The van der Waals surface area contributed by atoms with Crippen LogP contribution in [0.3, 0.4) is 0 Å². The lowest BCUT2D eigenvalue weighted by Gasteiger charge is -2.13. The molecule has 25 heavy (non-hydrogen) atoms. The standard InChI is InChI=1S/C18H19N5OS/c1-12-10-11-19-18-21-16(22-23(12)18)17(24)20-14-8-4-5-9-15(14)25-13-6-2-3-7-13/h4-5,8-11,13H,2-3,6-7H2,1H3,(H,20,24). The van der Waals surface area contributed by atoms with Crippen molar-refractivity contribution >= 4 is 29.1 Å². The van der Waals surface area contributed by atoms with Crippen molar-refractivity contribution in [1.82, 2.24) is 19.6 Å². The van der Waals surface area contributed by atoms with Crippen molar-refractivity contribution in [3.05, 3.63) is 48.0 Å². The molecule has 128 valence electrons. The smallest absolute Gasteiger partial charge is 0.295 e. The van der Waals surface area contributed by atoms with E-state index in [0.717, 1.165) is 16.3 Å². The summed E-state index contributed by atoms with van der Waals surface area (Å²) in [5.74, 6) is 0.241. The van der Waals surface area contributed by atoms with Gasteiger partial charge in [0.15, 0.2) is 0 Å². The van der Waals surface area contributed by atoms with Gasteiger partial charge >= 0.3 is 0 Å². The van der Waals surface area contributed by atoms with Crippen molar-refractivity contribution in [3.8, 4) is 0 Å². The lowest BCUT2D eigenvalue weighted by molar-refractivity contribution is 0.101. The van der Waals surface area contributed by atoms with Gasteiger partial charge in [-0.15, -0.1) is 16.9 Å². The summed E-state index contributed by atoms with van der Waals surface area (Å²) in [6, 6.07) is 9.74. The fraction of sp³-hybridized carbons (Fsp3) is 0.333. The molecular weight excluding hydrogens is 334 g/mol. The summed E-state index contributed by atoms with van der Waals surface area (Å²) in [5, 5.41) is 7.86. The number of anilines is 1. The lowest BCUT2D eigenvalue weighted by Crippen LogP contribution is -2.15. The molecule has 1 N–H and O–H groups in total. The Kier molecular flexibility index (Phi) is 4.40. The van der Waals surface area contributed by atoms with Gasteiger partial charge in [0.2, 0.25) is 5.82 Å². The van der Waals surface area contributed by atoms with E-state index in [1.165, 1.54) is 25.7 Å². The molecule has 0 bridgehead atoms. The van der Waals surface area contributed by atoms with E-state index in [2.05, 4.69) is 26.4 Å². The minimum Gasteiger partial charge on any atom is -0.318 e. The number of thioether (sulfide) groups is 1. The number of fused-ring (bicyclic) bond motifs is 1. The van der Waals surface area contributed by atoms with E-state index in [1.54, 1.807) is 10.7 Å². The van der Waals surface area contributed by atoms with Crippen LogP contribution in [0.25, 0.3) is 5.78 Å². The van der Waals surface area contributed by atoms with Crippen molar-refractivity contribution in [1.29, 1.82) is 0 Å². The number of aryl methyl sites for hydroxylation is 1. The highest BCUT2D eigenvalue weighted by atomic mass is 32.2. The molecule has 0 atom stereocenters. The number of aromatic nitrogens is 4. The monoisotopic (exact) mass is 353 g/mol. The molecule has 1 fully saturated rings. The highest BCUT2D eigenvalue weighted by Gasteiger charge is 2.20. The Morgan fingerprint density at radius 2 is 2.04 bits per heavy atom.